The molecule has 1 aromatic carbocycles. The van der Waals surface area contributed by atoms with Gasteiger partial charge >= 0.3 is 0 Å². The highest BCUT2D eigenvalue weighted by Crippen LogP contribution is 2.42. The number of carbonyl (C=O) groups is 1. The fraction of sp³-hybridized carbons (Fsp3) is 0.444. The Bertz CT molecular complexity index is 762. The Kier molecular flexibility index (Phi) is 3.67. The molecule has 6 nitrogen and oxygen atoms in total. The van der Waals surface area contributed by atoms with Crippen molar-refractivity contribution in [3.8, 4) is 11.5 Å². The summed E-state index contributed by atoms with van der Waals surface area (Å²) in [6.07, 6.45) is 3.95. The molecule has 1 amide bonds. The molecule has 0 unspecified atom stereocenters. The maximum absolute atomic E-state index is 12.6. The fourth-order valence-electron chi connectivity index (χ4n) is 3.56. The monoisotopic (exact) mass is 328 g/mol. The first-order valence-electron chi connectivity index (χ1n) is 8.32. The number of carbonyl (C=O) groups excluding carboxylic acids is 1. The van der Waals surface area contributed by atoms with E-state index in [1.807, 2.05) is 18.2 Å². The van der Waals surface area contributed by atoms with Crippen LogP contribution in [0.1, 0.15) is 47.5 Å². The van der Waals surface area contributed by atoms with Crippen LogP contribution >= 0.6 is 0 Å². The average molecular weight is 328 g/mol. The predicted octanol–water partition coefficient (Wildman–Crippen LogP) is 2.95. The SMILES string of the molecule is Cc1cc(C(=O)NC2(c3ccc4c(c3)OCCO4)CCCC2)no1. The topological polar surface area (TPSA) is 73.6 Å². The third-order valence-corrected chi connectivity index (χ3v) is 4.77. The minimum Gasteiger partial charge on any atom is -0.486 e. The van der Waals surface area contributed by atoms with Crippen molar-refractivity contribution in [2.75, 3.05) is 13.2 Å². The summed E-state index contributed by atoms with van der Waals surface area (Å²) in [5, 5.41) is 7.01. The van der Waals surface area contributed by atoms with Gasteiger partial charge in [0.25, 0.3) is 5.91 Å². The molecule has 1 aromatic heterocycles. The summed E-state index contributed by atoms with van der Waals surface area (Å²) in [5.74, 6) is 1.93. The molecule has 1 N–H and O–H groups in total. The van der Waals surface area contributed by atoms with E-state index in [0.29, 0.717) is 24.7 Å². The lowest BCUT2D eigenvalue weighted by atomic mass is 9.87. The summed E-state index contributed by atoms with van der Waals surface area (Å²) in [5.41, 5.74) is 0.980. The summed E-state index contributed by atoms with van der Waals surface area (Å²) in [4.78, 5) is 12.6. The van der Waals surface area contributed by atoms with Crippen LogP contribution in [0.5, 0.6) is 11.5 Å². The number of rotatable bonds is 3. The summed E-state index contributed by atoms with van der Waals surface area (Å²) in [7, 11) is 0. The molecule has 0 radical (unpaired) electrons. The van der Waals surface area contributed by atoms with Gasteiger partial charge in [-0.15, -0.1) is 0 Å². The number of nitrogens with zero attached hydrogens (tertiary/aromatic N) is 1. The molecule has 0 saturated heterocycles. The number of fused-ring (bicyclic) bond motifs is 1. The lowest BCUT2D eigenvalue weighted by Gasteiger charge is -2.32. The molecular formula is C18H20N2O4. The summed E-state index contributed by atoms with van der Waals surface area (Å²) >= 11 is 0. The molecule has 0 bridgehead atoms. The van der Waals surface area contributed by atoms with Crippen molar-refractivity contribution in [1.82, 2.24) is 10.5 Å². The van der Waals surface area contributed by atoms with Gasteiger partial charge in [-0.2, -0.15) is 0 Å². The number of ether oxygens (including phenoxy) is 2. The second-order valence-electron chi connectivity index (χ2n) is 6.42. The van der Waals surface area contributed by atoms with Crippen LogP contribution in [0, 0.1) is 6.92 Å². The van der Waals surface area contributed by atoms with Crippen molar-refractivity contribution in [2.24, 2.45) is 0 Å². The molecule has 24 heavy (non-hydrogen) atoms. The third-order valence-electron chi connectivity index (χ3n) is 4.77. The second kappa shape index (κ2) is 5.85. The highest BCUT2D eigenvalue weighted by molar-refractivity contribution is 5.92. The second-order valence-corrected chi connectivity index (χ2v) is 6.42. The number of hydrogen-bond acceptors (Lipinski definition) is 5. The standard InChI is InChI=1S/C18H20N2O4/c1-12-10-14(20-24-12)17(21)19-18(6-2-3-7-18)13-4-5-15-16(11-13)23-9-8-22-15/h4-5,10-11H,2-3,6-9H2,1H3,(H,19,21). The Morgan fingerprint density at radius 3 is 2.58 bits per heavy atom. The molecule has 2 aliphatic rings. The van der Waals surface area contributed by atoms with Gasteiger partial charge in [-0.3, -0.25) is 4.79 Å². The number of aromatic nitrogens is 1. The van der Waals surface area contributed by atoms with Crippen molar-refractivity contribution in [3.63, 3.8) is 0 Å². The zero-order valence-corrected chi connectivity index (χ0v) is 13.6. The molecular weight excluding hydrogens is 308 g/mol. The van der Waals surface area contributed by atoms with Crippen LogP contribution in [-0.2, 0) is 5.54 Å². The molecule has 1 aliphatic carbocycles. The van der Waals surface area contributed by atoms with E-state index in [2.05, 4.69) is 10.5 Å². The number of aryl methyl sites for hydroxylation is 1. The van der Waals surface area contributed by atoms with Crippen molar-refractivity contribution in [2.45, 2.75) is 38.1 Å². The molecule has 4 rings (SSSR count). The molecule has 1 aliphatic heterocycles. The molecule has 2 aromatic rings. The van der Waals surface area contributed by atoms with Crippen molar-refractivity contribution >= 4 is 5.91 Å². The average Bonchev–Trinajstić information content (AvgIpc) is 3.24. The minimum atomic E-state index is -0.389. The van der Waals surface area contributed by atoms with Crippen LogP contribution < -0.4 is 14.8 Å². The molecule has 6 heteroatoms. The normalized spacial score (nSPS) is 18.4. The van der Waals surface area contributed by atoms with Gasteiger partial charge < -0.3 is 19.3 Å². The van der Waals surface area contributed by atoms with Gasteiger partial charge in [0.2, 0.25) is 0 Å². The quantitative estimate of drug-likeness (QED) is 0.938. The third kappa shape index (κ3) is 2.62. The Labute approximate surface area is 140 Å². The maximum Gasteiger partial charge on any atom is 0.274 e. The van der Waals surface area contributed by atoms with Crippen molar-refractivity contribution in [3.05, 3.63) is 41.3 Å². The first-order valence-corrected chi connectivity index (χ1v) is 8.32. The van der Waals surface area contributed by atoms with E-state index in [0.717, 1.165) is 42.7 Å². The molecule has 2 heterocycles. The van der Waals surface area contributed by atoms with Crippen molar-refractivity contribution in [1.29, 1.82) is 0 Å². The molecule has 1 saturated carbocycles. The smallest absolute Gasteiger partial charge is 0.274 e. The Balaban J connectivity index is 1.64. The molecule has 0 spiro atoms. The number of hydrogen-bond donors (Lipinski definition) is 1. The maximum atomic E-state index is 12.6. The van der Waals surface area contributed by atoms with Gasteiger partial charge in [0.15, 0.2) is 17.2 Å². The largest absolute Gasteiger partial charge is 0.486 e. The van der Waals surface area contributed by atoms with Crippen LogP contribution in [0.4, 0.5) is 0 Å². The highest BCUT2D eigenvalue weighted by atomic mass is 16.6. The summed E-state index contributed by atoms with van der Waals surface area (Å²) < 4.78 is 16.3. The van der Waals surface area contributed by atoms with E-state index in [1.54, 1.807) is 13.0 Å². The first kappa shape index (κ1) is 15.1. The van der Waals surface area contributed by atoms with Gasteiger partial charge in [0, 0.05) is 6.07 Å². The van der Waals surface area contributed by atoms with E-state index < -0.39 is 0 Å². The predicted molar refractivity (Wildman–Crippen MR) is 86.3 cm³/mol. The lowest BCUT2D eigenvalue weighted by molar-refractivity contribution is 0.0888. The Morgan fingerprint density at radius 1 is 1.12 bits per heavy atom. The van der Waals surface area contributed by atoms with Gasteiger partial charge in [0.1, 0.15) is 19.0 Å². The molecule has 0 atom stereocenters. The zero-order valence-electron chi connectivity index (χ0n) is 13.6. The molecule has 126 valence electrons. The fourth-order valence-corrected chi connectivity index (χ4v) is 3.56. The van der Waals surface area contributed by atoms with E-state index in [4.69, 9.17) is 14.0 Å². The van der Waals surface area contributed by atoms with Crippen LogP contribution in [0.25, 0.3) is 0 Å². The van der Waals surface area contributed by atoms with Crippen LogP contribution in [0.3, 0.4) is 0 Å². The van der Waals surface area contributed by atoms with Gasteiger partial charge in [-0.25, -0.2) is 0 Å². The minimum absolute atomic E-state index is 0.205. The summed E-state index contributed by atoms with van der Waals surface area (Å²) in [6, 6.07) is 7.60. The number of nitrogens with one attached hydrogen (secondary N) is 1. The lowest BCUT2D eigenvalue weighted by Crippen LogP contribution is -2.44. The van der Waals surface area contributed by atoms with Gasteiger partial charge in [-0.05, 0) is 37.5 Å². The van der Waals surface area contributed by atoms with E-state index >= 15 is 0 Å². The van der Waals surface area contributed by atoms with Crippen LogP contribution in [0.2, 0.25) is 0 Å². The van der Waals surface area contributed by atoms with Gasteiger partial charge in [0.05, 0.1) is 5.54 Å². The summed E-state index contributed by atoms with van der Waals surface area (Å²) in [6.45, 7) is 2.89. The highest BCUT2D eigenvalue weighted by Gasteiger charge is 2.38. The van der Waals surface area contributed by atoms with Crippen LogP contribution in [0.15, 0.2) is 28.8 Å². The van der Waals surface area contributed by atoms with E-state index in [-0.39, 0.29) is 11.4 Å². The van der Waals surface area contributed by atoms with E-state index in [9.17, 15) is 4.79 Å². The van der Waals surface area contributed by atoms with Gasteiger partial charge in [-0.1, -0.05) is 24.1 Å². The Hall–Kier alpha value is -2.50. The van der Waals surface area contributed by atoms with Crippen molar-refractivity contribution < 1.29 is 18.8 Å². The molecule has 1 fully saturated rings. The number of benzene rings is 1. The Morgan fingerprint density at radius 2 is 1.88 bits per heavy atom. The van der Waals surface area contributed by atoms with E-state index in [1.165, 1.54) is 0 Å². The number of amides is 1. The first-order chi connectivity index (χ1) is 11.7. The van der Waals surface area contributed by atoms with Crippen LogP contribution in [-0.4, -0.2) is 24.3 Å². The zero-order chi connectivity index (χ0) is 16.6.